The molecule has 2 atom stereocenters. The van der Waals surface area contributed by atoms with Crippen LogP contribution in [0, 0.1) is 0 Å². The molecule has 9 heteroatoms. The molecule has 1 N–H and O–H groups in total. The number of nitrogens with zero attached hydrogens (tertiary/aromatic N) is 3. The fourth-order valence-electron chi connectivity index (χ4n) is 6.81. The summed E-state index contributed by atoms with van der Waals surface area (Å²) in [6.45, 7) is 12.4. The number of aromatic amines is 1. The van der Waals surface area contributed by atoms with Crippen molar-refractivity contribution in [1.82, 2.24) is 19.7 Å². The fraction of sp³-hybridized carbons (Fsp3) is 0.515. The Kier molecular flexibility index (Phi) is 8.14. The van der Waals surface area contributed by atoms with E-state index in [2.05, 4.69) is 28.9 Å². The molecule has 0 saturated carbocycles. The molecule has 2 aromatic carbocycles. The van der Waals surface area contributed by atoms with Crippen molar-refractivity contribution in [2.75, 3.05) is 65.7 Å². The van der Waals surface area contributed by atoms with Crippen LogP contribution in [0.1, 0.15) is 56.4 Å². The topological polar surface area (TPSA) is 87.3 Å². The highest BCUT2D eigenvalue weighted by Gasteiger charge is 2.56. The molecule has 6 rings (SSSR count). The number of H-pyrrole nitrogens is 1. The molecule has 9 nitrogen and oxygen atoms in total. The monoisotopic (exact) mass is 574 g/mol. The second kappa shape index (κ2) is 12.0. The lowest BCUT2D eigenvalue weighted by molar-refractivity contribution is -0.166. The van der Waals surface area contributed by atoms with Gasteiger partial charge in [0.1, 0.15) is 0 Å². The van der Waals surface area contributed by atoms with Gasteiger partial charge in [-0.05, 0) is 56.0 Å². The van der Waals surface area contributed by atoms with Crippen molar-refractivity contribution < 1.29 is 23.8 Å². The number of ether oxygens (including phenoxy) is 3. The van der Waals surface area contributed by atoms with Crippen LogP contribution in [0.2, 0.25) is 0 Å². The molecule has 0 radical (unpaired) electrons. The maximum Gasteiger partial charge on any atom is 0.254 e. The second-order valence-electron chi connectivity index (χ2n) is 11.6. The number of aromatic nitrogens is 1. The van der Waals surface area contributed by atoms with Gasteiger partial charge in [0, 0.05) is 49.5 Å². The van der Waals surface area contributed by atoms with Gasteiger partial charge in [-0.25, -0.2) is 0 Å². The van der Waals surface area contributed by atoms with Crippen LogP contribution in [0.5, 0.6) is 11.5 Å². The zero-order valence-corrected chi connectivity index (χ0v) is 25.0. The van der Waals surface area contributed by atoms with Crippen LogP contribution in [0.25, 0.3) is 10.9 Å². The first kappa shape index (κ1) is 28.6. The number of fused-ring (bicyclic) bond motifs is 5. The zero-order valence-electron chi connectivity index (χ0n) is 25.0. The van der Waals surface area contributed by atoms with Crippen LogP contribution in [0.3, 0.4) is 0 Å². The third kappa shape index (κ3) is 5.02. The first-order chi connectivity index (χ1) is 20.5. The number of nitrogens with one attached hydrogen (secondary N) is 1. The van der Waals surface area contributed by atoms with E-state index in [0.717, 1.165) is 79.2 Å². The molecule has 0 aliphatic carbocycles. The highest BCUT2D eigenvalue weighted by Crippen LogP contribution is 2.49. The number of benzene rings is 2. The van der Waals surface area contributed by atoms with Crippen molar-refractivity contribution >= 4 is 22.7 Å². The minimum Gasteiger partial charge on any atom is -0.490 e. The van der Waals surface area contributed by atoms with E-state index in [-0.39, 0.29) is 24.3 Å². The number of hydrogen-bond acceptors (Lipinski definition) is 6. The second-order valence-corrected chi connectivity index (χ2v) is 11.6. The van der Waals surface area contributed by atoms with Gasteiger partial charge in [0.15, 0.2) is 17.0 Å². The third-order valence-electron chi connectivity index (χ3n) is 8.96. The van der Waals surface area contributed by atoms with Gasteiger partial charge in [-0.15, -0.1) is 0 Å². The molecule has 224 valence electrons. The van der Waals surface area contributed by atoms with Gasteiger partial charge in [-0.1, -0.05) is 31.2 Å². The highest BCUT2D eigenvalue weighted by molar-refractivity contribution is 6.01. The van der Waals surface area contributed by atoms with Gasteiger partial charge in [-0.3, -0.25) is 14.5 Å². The standard InChI is InChI=1S/C33H42N4O5/c1-4-17-42-27-12-11-23(20-28(27)41-5-2)25-21-37-29(38)22-36(14-8-13-35-15-18-40-19-16-35)32(39)33(37,3)31-30(25)24-9-6-7-10-26(24)34-31/h6-7,9-12,20,25,34H,4-5,8,13-19,21-22H2,1-3H3/t25-,33-/m0/s1. The highest BCUT2D eigenvalue weighted by atomic mass is 16.5. The number of carbonyl (C=O) groups excluding carboxylic acids is 2. The quantitative estimate of drug-likeness (QED) is 0.392. The molecule has 1 aromatic heterocycles. The Hall–Kier alpha value is -3.56. The predicted octanol–water partition coefficient (Wildman–Crippen LogP) is 4.11. The van der Waals surface area contributed by atoms with Crippen LogP contribution >= 0.6 is 0 Å². The summed E-state index contributed by atoms with van der Waals surface area (Å²) in [5.74, 6) is 1.25. The van der Waals surface area contributed by atoms with E-state index in [4.69, 9.17) is 14.2 Å². The van der Waals surface area contributed by atoms with Crippen LogP contribution in [-0.2, 0) is 19.9 Å². The number of piperazine rings is 1. The van der Waals surface area contributed by atoms with Gasteiger partial charge >= 0.3 is 0 Å². The molecule has 2 saturated heterocycles. The van der Waals surface area contributed by atoms with Crippen molar-refractivity contribution in [2.45, 2.75) is 45.1 Å². The van der Waals surface area contributed by atoms with Crippen LogP contribution in [0.4, 0.5) is 0 Å². The number of hydrogen-bond donors (Lipinski definition) is 1. The molecule has 2 fully saturated rings. The first-order valence-electron chi connectivity index (χ1n) is 15.4. The van der Waals surface area contributed by atoms with Crippen molar-refractivity contribution in [3.05, 3.63) is 59.3 Å². The lowest BCUT2D eigenvalue weighted by atomic mass is 9.76. The van der Waals surface area contributed by atoms with Gasteiger partial charge in [0.25, 0.3) is 5.91 Å². The summed E-state index contributed by atoms with van der Waals surface area (Å²) < 4.78 is 17.4. The van der Waals surface area contributed by atoms with Gasteiger partial charge in [0.2, 0.25) is 5.91 Å². The van der Waals surface area contributed by atoms with Crippen LogP contribution in [-0.4, -0.2) is 97.2 Å². The van der Waals surface area contributed by atoms with Crippen molar-refractivity contribution in [3.63, 3.8) is 0 Å². The van der Waals surface area contributed by atoms with E-state index >= 15 is 0 Å². The Morgan fingerprint density at radius 3 is 2.62 bits per heavy atom. The van der Waals surface area contributed by atoms with E-state index in [1.54, 1.807) is 9.80 Å². The van der Waals surface area contributed by atoms with Crippen molar-refractivity contribution in [1.29, 1.82) is 0 Å². The molecule has 2 amide bonds. The van der Waals surface area contributed by atoms with Crippen molar-refractivity contribution in [3.8, 4) is 11.5 Å². The number of para-hydroxylation sites is 1. The molecular formula is C33H42N4O5. The molecule has 4 heterocycles. The summed E-state index contributed by atoms with van der Waals surface area (Å²) in [4.78, 5) is 37.7. The molecule has 0 spiro atoms. The SMILES string of the molecule is CCCOc1ccc([C@@H]2CN3C(=O)CN(CCCN4CCOCC4)C(=O)[C@]3(C)c3[nH]c4ccccc4c32)cc1OCC. The molecule has 0 unspecified atom stereocenters. The van der Waals surface area contributed by atoms with E-state index < -0.39 is 5.54 Å². The summed E-state index contributed by atoms with van der Waals surface area (Å²) in [7, 11) is 0. The van der Waals surface area contributed by atoms with Crippen LogP contribution < -0.4 is 9.47 Å². The summed E-state index contributed by atoms with van der Waals surface area (Å²) in [5, 5.41) is 1.08. The third-order valence-corrected chi connectivity index (χ3v) is 8.96. The molecule has 42 heavy (non-hydrogen) atoms. The van der Waals surface area contributed by atoms with E-state index in [1.807, 2.05) is 44.2 Å². The maximum atomic E-state index is 14.3. The van der Waals surface area contributed by atoms with Gasteiger partial charge in [0.05, 0.1) is 38.7 Å². The predicted molar refractivity (Wildman–Crippen MR) is 161 cm³/mol. The fourth-order valence-corrected chi connectivity index (χ4v) is 6.81. The number of amides is 2. The maximum absolute atomic E-state index is 14.3. The van der Waals surface area contributed by atoms with E-state index in [9.17, 15) is 9.59 Å². The summed E-state index contributed by atoms with van der Waals surface area (Å²) in [6, 6.07) is 14.3. The van der Waals surface area contributed by atoms with Gasteiger partial charge < -0.3 is 29.0 Å². The lowest BCUT2D eigenvalue weighted by Gasteiger charge is -2.51. The Morgan fingerprint density at radius 2 is 1.83 bits per heavy atom. The average molecular weight is 575 g/mol. The Bertz CT molecular complexity index is 1450. The average Bonchev–Trinajstić information content (AvgIpc) is 3.41. The smallest absolute Gasteiger partial charge is 0.254 e. The van der Waals surface area contributed by atoms with Crippen molar-refractivity contribution in [2.24, 2.45) is 0 Å². The molecular weight excluding hydrogens is 532 g/mol. The summed E-state index contributed by atoms with van der Waals surface area (Å²) in [5.41, 5.74) is 2.77. The molecule has 3 aliphatic heterocycles. The number of carbonyl (C=O) groups is 2. The Morgan fingerprint density at radius 1 is 1.02 bits per heavy atom. The molecule has 3 aliphatic rings. The molecule has 3 aromatic rings. The summed E-state index contributed by atoms with van der Waals surface area (Å²) >= 11 is 0. The normalized spacial score (nSPS) is 22.8. The first-order valence-corrected chi connectivity index (χ1v) is 15.4. The number of rotatable bonds is 10. The minimum absolute atomic E-state index is 0.0198. The Labute approximate surface area is 247 Å². The van der Waals surface area contributed by atoms with Gasteiger partial charge in [-0.2, -0.15) is 0 Å². The van der Waals surface area contributed by atoms with E-state index in [0.29, 0.717) is 32.1 Å². The van der Waals surface area contributed by atoms with E-state index in [1.165, 1.54) is 0 Å². The lowest BCUT2D eigenvalue weighted by Crippen LogP contribution is -2.67. The molecule has 0 bridgehead atoms. The Balaban J connectivity index is 1.36. The van der Waals surface area contributed by atoms with Crippen LogP contribution in [0.15, 0.2) is 42.5 Å². The number of morpholine rings is 1. The largest absolute Gasteiger partial charge is 0.490 e. The minimum atomic E-state index is -1.11. The zero-order chi connectivity index (χ0) is 29.3. The summed E-state index contributed by atoms with van der Waals surface area (Å²) in [6.07, 6.45) is 1.73.